The standard InChI is InChI=1S/C13H15N3O2S/c17-9-15-11(8-10-4-2-1-3-5-10)12(18)16-13-14-6-7-19-13/h1-7,9,11,13-14H,8H2,(H,15,17)(H,16,18). The summed E-state index contributed by atoms with van der Waals surface area (Å²) in [6.45, 7) is 0. The Bertz CT molecular complexity index is 456. The second-order valence-corrected chi connectivity index (χ2v) is 5.04. The van der Waals surface area contributed by atoms with Crippen LogP contribution in [0.4, 0.5) is 0 Å². The van der Waals surface area contributed by atoms with E-state index in [1.807, 2.05) is 35.7 Å². The van der Waals surface area contributed by atoms with E-state index in [4.69, 9.17) is 0 Å². The molecule has 0 bridgehead atoms. The minimum atomic E-state index is -0.567. The van der Waals surface area contributed by atoms with E-state index in [2.05, 4.69) is 16.0 Å². The summed E-state index contributed by atoms with van der Waals surface area (Å²) in [5, 5.41) is 10.2. The summed E-state index contributed by atoms with van der Waals surface area (Å²) in [6, 6.07) is 9.01. The number of benzene rings is 1. The van der Waals surface area contributed by atoms with Gasteiger partial charge in [0.15, 0.2) is 5.50 Å². The highest BCUT2D eigenvalue weighted by Crippen LogP contribution is 2.13. The molecule has 5 nitrogen and oxygen atoms in total. The maximum Gasteiger partial charge on any atom is 0.245 e. The lowest BCUT2D eigenvalue weighted by Crippen LogP contribution is -2.50. The Labute approximate surface area is 115 Å². The zero-order chi connectivity index (χ0) is 13.5. The van der Waals surface area contributed by atoms with Crippen LogP contribution in [0.5, 0.6) is 0 Å². The van der Waals surface area contributed by atoms with Crippen LogP contribution in [0.2, 0.25) is 0 Å². The Morgan fingerprint density at radius 3 is 2.84 bits per heavy atom. The summed E-state index contributed by atoms with van der Waals surface area (Å²) in [4.78, 5) is 22.7. The maximum absolute atomic E-state index is 12.1. The topological polar surface area (TPSA) is 70.2 Å². The summed E-state index contributed by atoms with van der Waals surface area (Å²) >= 11 is 1.47. The first-order valence-electron chi connectivity index (χ1n) is 5.90. The van der Waals surface area contributed by atoms with Gasteiger partial charge in [-0.25, -0.2) is 0 Å². The second kappa shape index (κ2) is 6.84. The molecule has 1 aromatic rings. The van der Waals surface area contributed by atoms with Crippen LogP contribution in [-0.2, 0) is 16.0 Å². The Hall–Kier alpha value is -1.95. The number of carbonyl (C=O) groups excluding carboxylic acids is 2. The summed E-state index contributed by atoms with van der Waals surface area (Å²) < 4.78 is 0. The van der Waals surface area contributed by atoms with Crippen molar-refractivity contribution in [3.8, 4) is 0 Å². The highest BCUT2D eigenvalue weighted by molar-refractivity contribution is 8.02. The van der Waals surface area contributed by atoms with E-state index in [0.717, 1.165) is 5.56 Å². The molecule has 1 aliphatic heterocycles. The first-order valence-corrected chi connectivity index (χ1v) is 6.84. The largest absolute Gasteiger partial charge is 0.362 e. The Balaban J connectivity index is 1.94. The fourth-order valence-electron chi connectivity index (χ4n) is 1.75. The first-order chi connectivity index (χ1) is 9.29. The van der Waals surface area contributed by atoms with Crippen LogP contribution >= 0.6 is 11.8 Å². The van der Waals surface area contributed by atoms with Crippen LogP contribution in [0.3, 0.4) is 0 Å². The molecule has 2 amide bonds. The number of hydrogen-bond acceptors (Lipinski definition) is 4. The molecule has 6 heteroatoms. The molecule has 100 valence electrons. The summed E-state index contributed by atoms with van der Waals surface area (Å²) in [5.41, 5.74) is 0.835. The lowest BCUT2D eigenvalue weighted by Gasteiger charge is -2.19. The molecule has 1 heterocycles. The average Bonchev–Trinajstić information content (AvgIpc) is 2.92. The van der Waals surface area contributed by atoms with Gasteiger partial charge in [-0.3, -0.25) is 9.59 Å². The van der Waals surface area contributed by atoms with Crippen LogP contribution in [-0.4, -0.2) is 23.9 Å². The number of amides is 2. The number of nitrogens with one attached hydrogen (secondary N) is 3. The van der Waals surface area contributed by atoms with Gasteiger partial charge in [-0.1, -0.05) is 42.1 Å². The average molecular weight is 277 g/mol. The molecule has 1 aromatic carbocycles. The lowest BCUT2D eigenvalue weighted by atomic mass is 10.1. The van der Waals surface area contributed by atoms with Crippen molar-refractivity contribution in [2.75, 3.05) is 0 Å². The van der Waals surface area contributed by atoms with Gasteiger partial charge >= 0.3 is 0 Å². The van der Waals surface area contributed by atoms with E-state index < -0.39 is 6.04 Å². The van der Waals surface area contributed by atoms with Gasteiger partial charge in [0, 0.05) is 12.6 Å². The Kier molecular flexibility index (Phi) is 4.85. The molecule has 3 N–H and O–H groups in total. The van der Waals surface area contributed by atoms with Crippen LogP contribution in [0.15, 0.2) is 41.9 Å². The highest BCUT2D eigenvalue weighted by atomic mass is 32.2. The normalized spacial score (nSPS) is 18.4. The van der Waals surface area contributed by atoms with Gasteiger partial charge < -0.3 is 16.0 Å². The molecular formula is C13H15N3O2S. The molecule has 2 rings (SSSR count). The Morgan fingerprint density at radius 2 is 2.21 bits per heavy atom. The smallest absolute Gasteiger partial charge is 0.245 e. The summed E-state index contributed by atoms with van der Waals surface area (Å²) in [7, 11) is 0. The molecule has 0 aliphatic carbocycles. The molecule has 1 aliphatic rings. The van der Waals surface area contributed by atoms with Gasteiger partial charge in [0.2, 0.25) is 12.3 Å². The summed E-state index contributed by atoms with van der Waals surface area (Å²) in [6.07, 6.45) is 2.80. The fraction of sp³-hybridized carbons (Fsp3) is 0.231. The van der Waals surface area contributed by atoms with E-state index in [0.29, 0.717) is 12.8 Å². The predicted molar refractivity (Wildman–Crippen MR) is 74.9 cm³/mol. The molecule has 2 atom stereocenters. The van der Waals surface area contributed by atoms with Gasteiger partial charge in [-0.15, -0.1) is 0 Å². The second-order valence-electron chi connectivity index (χ2n) is 4.02. The first kappa shape index (κ1) is 13.5. The quantitative estimate of drug-likeness (QED) is 0.664. The third-order valence-electron chi connectivity index (χ3n) is 2.67. The van der Waals surface area contributed by atoms with E-state index >= 15 is 0 Å². The molecule has 0 aromatic heterocycles. The number of hydrogen-bond donors (Lipinski definition) is 3. The van der Waals surface area contributed by atoms with Crippen molar-refractivity contribution in [3.05, 3.63) is 47.5 Å². The molecule has 0 saturated carbocycles. The lowest BCUT2D eigenvalue weighted by molar-refractivity contribution is -0.125. The number of thioether (sulfide) groups is 1. The third kappa shape index (κ3) is 4.03. The molecule has 0 fully saturated rings. The van der Waals surface area contributed by atoms with E-state index in [-0.39, 0.29) is 11.4 Å². The van der Waals surface area contributed by atoms with Crippen molar-refractivity contribution in [1.29, 1.82) is 0 Å². The maximum atomic E-state index is 12.1. The molecule has 0 radical (unpaired) electrons. The van der Waals surface area contributed by atoms with Crippen molar-refractivity contribution in [1.82, 2.24) is 16.0 Å². The predicted octanol–water partition coefficient (Wildman–Crippen LogP) is 0.551. The van der Waals surface area contributed by atoms with Gasteiger partial charge in [-0.2, -0.15) is 0 Å². The van der Waals surface area contributed by atoms with Gasteiger partial charge in [0.25, 0.3) is 0 Å². The molecule has 0 saturated heterocycles. The van der Waals surface area contributed by atoms with Crippen molar-refractivity contribution < 1.29 is 9.59 Å². The van der Waals surface area contributed by atoms with Crippen molar-refractivity contribution in [2.24, 2.45) is 0 Å². The third-order valence-corrected chi connectivity index (χ3v) is 3.49. The van der Waals surface area contributed by atoms with E-state index in [9.17, 15) is 9.59 Å². The van der Waals surface area contributed by atoms with Crippen molar-refractivity contribution in [2.45, 2.75) is 18.0 Å². The molecule has 19 heavy (non-hydrogen) atoms. The van der Waals surface area contributed by atoms with Crippen LogP contribution < -0.4 is 16.0 Å². The van der Waals surface area contributed by atoms with Crippen molar-refractivity contribution >= 4 is 24.1 Å². The minimum Gasteiger partial charge on any atom is -0.362 e. The van der Waals surface area contributed by atoms with Gasteiger partial charge in [0.05, 0.1) is 0 Å². The van der Waals surface area contributed by atoms with E-state index in [1.54, 1.807) is 6.20 Å². The molecule has 0 spiro atoms. The Morgan fingerprint density at radius 1 is 1.42 bits per heavy atom. The zero-order valence-electron chi connectivity index (χ0n) is 10.2. The number of rotatable bonds is 6. The van der Waals surface area contributed by atoms with E-state index in [1.165, 1.54) is 11.8 Å². The molecular weight excluding hydrogens is 262 g/mol. The fourth-order valence-corrected chi connectivity index (χ4v) is 2.40. The number of carbonyl (C=O) groups is 2. The monoisotopic (exact) mass is 277 g/mol. The van der Waals surface area contributed by atoms with Crippen molar-refractivity contribution in [3.63, 3.8) is 0 Å². The van der Waals surface area contributed by atoms with Crippen LogP contribution in [0.25, 0.3) is 0 Å². The van der Waals surface area contributed by atoms with Crippen LogP contribution in [0, 0.1) is 0 Å². The minimum absolute atomic E-state index is 0.167. The van der Waals surface area contributed by atoms with Crippen LogP contribution in [0.1, 0.15) is 5.56 Å². The SMILES string of the molecule is O=CNC(Cc1ccccc1)C(=O)NC1NC=CS1. The highest BCUT2D eigenvalue weighted by Gasteiger charge is 2.21. The summed E-state index contributed by atoms with van der Waals surface area (Å²) in [5.74, 6) is -0.204. The van der Waals surface area contributed by atoms with Gasteiger partial charge in [0.1, 0.15) is 6.04 Å². The van der Waals surface area contributed by atoms with Gasteiger partial charge in [-0.05, 0) is 11.0 Å². The molecule has 2 unspecified atom stereocenters. The zero-order valence-corrected chi connectivity index (χ0v) is 11.0.